The van der Waals surface area contributed by atoms with Crippen LogP contribution in [0.5, 0.6) is 0 Å². The Morgan fingerprint density at radius 1 is 1.39 bits per heavy atom. The van der Waals surface area contributed by atoms with Gasteiger partial charge in [-0.25, -0.2) is 0 Å². The van der Waals surface area contributed by atoms with Gasteiger partial charge in [-0.3, -0.25) is 0 Å². The molecule has 2 aliphatic rings. The first kappa shape index (κ1) is 14.0. The predicted molar refractivity (Wildman–Crippen MR) is 76.3 cm³/mol. The smallest absolute Gasteiger partial charge is 0.139 e. The highest BCUT2D eigenvalue weighted by molar-refractivity contribution is 7.99. The average molecular weight is 272 g/mol. The maximum atomic E-state index is 8.60. The molecule has 6 heteroatoms. The third-order valence-corrected chi connectivity index (χ3v) is 4.79. The lowest BCUT2D eigenvalue weighted by Crippen LogP contribution is -2.39. The van der Waals surface area contributed by atoms with E-state index < -0.39 is 0 Å². The molecule has 1 aliphatic heterocycles. The standard InChI is InChI=1S/C12H24N4OS/c13-11(15-17)9-12(1-2-12)10-14-3-4-16-5-7-18-8-6-16/h14,17H,1-10H2,(H2,13,15). The van der Waals surface area contributed by atoms with E-state index in [2.05, 4.69) is 15.4 Å². The van der Waals surface area contributed by atoms with Crippen molar-refractivity contribution in [2.24, 2.45) is 16.3 Å². The Bertz CT molecular complexity index is 288. The minimum atomic E-state index is 0.272. The van der Waals surface area contributed by atoms with Gasteiger partial charge in [-0.1, -0.05) is 5.16 Å². The second kappa shape index (κ2) is 6.63. The Kier molecular flexibility index (Phi) is 5.14. The van der Waals surface area contributed by atoms with E-state index in [1.165, 1.54) is 37.4 Å². The largest absolute Gasteiger partial charge is 0.409 e. The average Bonchev–Trinajstić information content (AvgIpc) is 3.16. The molecule has 0 radical (unpaired) electrons. The van der Waals surface area contributed by atoms with Gasteiger partial charge >= 0.3 is 0 Å². The van der Waals surface area contributed by atoms with E-state index in [4.69, 9.17) is 10.9 Å². The molecule has 18 heavy (non-hydrogen) atoms. The number of thioether (sulfide) groups is 1. The number of amidine groups is 1. The highest BCUT2D eigenvalue weighted by atomic mass is 32.2. The van der Waals surface area contributed by atoms with E-state index in [9.17, 15) is 0 Å². The molecule has 1 aliphatic carbocycles. The van der Waals surface area contributed by atoms with Crippen LogP contribution >= 0.6 is 11.8 Å². The summed E-state index contributed by atoms with van der Waals surface area (Å²) in [4.78, 5) is 2.52. The number of hydrogen-bond acceptors (Lipinski definition) is 5. The van der Waals surface area contributed by atoms with E-state index >= 15 is 0 Å². The number of nitrogens with zero attached hydrogens (tertiary/aromatic N) is 2. The van der Waals surface area contributed by atoms with Gasteiger partial charge in [0, 0.05) is 50.7 Å². The van der Waals surface area contributed by atoms with Crippen molar-refractivity contribution in [1.82, 2.24) is 10.2 Å². The molecule has 0 aromatic rings. The van der Waals surface area contributed by atoms with Gasteiger partial charge in [0.15, 0.2) is 0 Å². The monoisotopic (exact) mass is 272 g/mol. The summed E-state index contributed by atoms with van der Waals surface area (Å²) in [5.41, 5.74) is 5.85. The molecule has 0 aromatic carbocycles. The lowest BCUT2D eigenvalue weighted by molar-refractivity contribution is 0.295. The molecule has 0 atom stereocenters. The van der Waals surface area contributed by atoms with Crippen molar-refractivity contribution in [3.8, 4) is 0 Å². The summed E-state index contributed by atoms with van der Waals surface area (Å²) in [5, 5.41) is 15.2. The van der Waals surface area contributed by atoms with Crippen molar-refractivity contribution < 1.29 is 5.21 Å². The van der Waals surface area contributed by atoms with Crippen LogP contribution in [0.3, 0.4) is 0 Å². The molecular weight excluding hydrogens is 248 g/mol. The van der Waals surface area contributed by atoms with Crippen LogP contribution in [0.4, 0.5) is 0 Å². The molecule has 1 saturated heterocycles. The molecule has 0 bridgehead atoms. The van der Waals surface area contributed by atoms with Crippen LogP contribution in [0.2, 0.25) is 0 Å². The summed E-state index contributed by atoms with van der Waals surface area (Å²) in [6, 6.07) is 0. The van der Waals surface area contributed by atoms with Crippen LogP contribution in [0.25, 0.3) is 0 Å². The van der Waals surface area contributed by atoms with Crippen LogP contribution in [0.1, 0.15) is 19.3 Å². The normalized spacial score (nSPS) is 24.1. The summed E-state index contributed by atoms with van der Waals surface area (Å²) in [5.74, 6) is 2.91. The highest BCUT2D eigenvalue weighted by Crippen LogP contribution is 2.48. The van der Waals surface area contributed by atoms with Crippen molar-refractivity contribution in [3.05, 3.63) is 0 Å². The van der Waals surface area contributed by atoms with E-state index in [0.29, 0.717) is 5.84 Å². The Balaban J connectivity index is 1.57. The molecule has 104 valence electrons. The van der Waals surface area contributed by atoms with Crippen LogP contribution in [0.15, 0.2) is 5.16 Å². The highest BCUT2D eigenvalue weighted by Gasteiger charge is 2.42. The van der Waals surface area contributed by atoms with Gasteiger partial charge in [0.25, 0.3) is 0 Å². The van der Waals surface area contributed by atoms with Crippen LogP contribution in [0, 0.1) is 5.41 Å². The summed E-state index contributed by atoms with van der Waals surface area (Å²) >= 11 is 2.05. The van der Waals surface area contributed by atoms with Crippen molar-refractivity contribution >= 4 is 17.6 Å². The van der Waals surface area contributed by atoms with Crippen LogP contribution in [-0.4, -0.2) is 60.2 Å². The van der Waals surface area contributed by atoms with Gasteiger partial charge < -0.3 is 21.2 Å². The molecule has 0 unspecified atom stereocenters. The van der Waals surface area contributed by atoms with Crippen molar-refractivity contribution in [3.63, 3.8) is 0 Å². The fraction of sp³-hybridized carbons (Fsp3) is 0.917. The number of nitrogens with one attached hydrogen (secondary N) is 1. The van der Waals surface area contributed by atoms with Crippen LogP contribution < -0.4 is 11.1 Å². The fourth-order valence-corrected chi connectivity index (χ4v) is 3.41. The maximum Gasteiger partial charge on any atom is 0.139 e. The maximum absolute atomic E-state index is 8.60. The molecule has 1 heterocycles. The minimum Gasteiger partial charge on any atom is -0.409 e. The quantitative estimate of drug-likeness (QED) is 0.207. The Labute approximate surface area is 113 Å². The molecule has 0 aromatic heterocycles. The first-order chi connectivity index (χ1) is 8.74. The lowest BCUT2D eigenvalue weighted by Gasteiger charge is -2.26. The zero-order chi connectivity index (χ0) is 12.8. The van der Waals surface area contributed by atoms with E-state index in [1.54, 1.807) is 0 Å². The molecule has 1 saturated carbocycles. The van der Waals surface area contributed by atoms with Gasteiger partial charge in [0.2, 0.25) is 0 Å². The zero-order valence-corrected chi connectivity index (χ0v) is 11.7. The fourth-order valence-electron chi connectivity index (χ4n) is 2.43. The van der Waals surface area contributed by atoms with Gasteiger partial charge in [0.1, 0.15) is 5.84 Å². The molecule has 0 amide bonds. The molecular formula is C12H24N4OS. The SMILES string of the molecule is NC(CC1(CNCCN2CCSCC2)CC1)=NO. The third kappa shape index (κ3) is 4.33. The van der Waals surface area contributed by atoms with Gasteiger partial charge in [-0.05, 0) is 18.3 Å². The zero-order valence-electron chi connectivity index (χ0n) is 10.9. The first-order valence-corrected chi connectivity index (χ1v) is 7.87. The molecule has 2 fully saturated rings. The summed E-state index contributed by atoms with van der Waals surface area (Å²) in [6.07, 6.45) is 3.10. The Morgan fingerprint density at radius 2 is 2.11 bits per heavy atom. The van der Waals surface area contributed by atoms with Crippen molar-refractivity contribution in [1.29, 1.82) is 0 Å². The van der Waals surface area contributed by atoms with Crippen molar-refractivity contribution in [2.75, 3.05) is 44.2 Å². The Morgan fingerprint density at radius 3 is 2.72 bits per heavy atom. The summed E-state index contributed by atoms with van der Waals surface area (Å²) in [6.45, 7) is 5.62. The predicted octanol–water partition coefficient (Wildman–Crippen LogP) is 0.542. The second-order valence-corrected chi connectivity index (χ2v) is 6.62. The van der Waals surface area contributed by atoms with Gasteiger partial charge in [-0.15, -0.1) is 0 Å². The van der Waals surface area contributed by atoms with Gasteiger partial charge in [0.05, 0.1) is 0 Å². The van der Waals surface area contributed by atoms with Gasteiger partial charge in [-0.2, -0.15) is 11.8 Å². The van der Waals surface area contributed by atoms with E-state index in [-0.39, 0.29) is 5.41 Å². The summed E-state index contributed by atoms with van der Waals surface area (Å²) < 4.78 is 0. The number of rotatable bonds is 7. The van der Waals surface area contributed by atoms with E-state index in [0.717, 1.165) is 26.1 Å². The third-order valence-electron chi connectivity index (χ3n) is 3.85. The van der Waals surface area contributed by atoms with Crippen LogP contribution in [-0.2, 0) is 0 Å². The molecule has 0 spiro atoms. The number of nitrogens with two attached hydrogens (primary N) is 1. The lowest BCUT2D eigenvalue weighted by atomic mass is 10.0. The van der Waals surface area contributed by atoms with E-state index in [1.807, 2.05) is 11.8 Å². The first-order valence-electron chi connectivity index (χ1n) is 6.71. The molecule has 5 nitrogen and oxygen atoms in total. The summed E-state index contributed by atoms with van der Waals surface area (Å²) in [7, 11) is 0. The number of hydrogen-bond donors (Lipinski definition) is 3. The Hall–Kier alpha value is -0.460. The number of oxime groups is 1. The molecule has 4 N–H and O–H groups in total. The second-order valence-electron chi connectivity index (χ2n) is 5.40. The molecule has 2 rings (SSSR count). The minimum absolute atomic E-state index is 0.272. The topological polar surface area (TPSA) is 73.9 Å². The van der Waals surface area contributed by atoms with Crippen molar-refractivity contribution in [2.45, 2.75) is 19.3 Å².